The van der Waals surface area contributed by atoms with E-state index in [2.05, 4.69) is 59.7 Å². The van der Waals surface area contributed by atoms with Crippen LogP contribution in [0.5, 0.6) is 0 Å². The molecule has 21 heavy (non-hydrogen) atoms. The Morgan fingerprint density at radius 3 is 2.43 bits per heavy atom. The van der Waals surface area contributed by atoms with E-state index in [1.54, 1.807) is 0 Å². The van der Waals surface area contributed by atoms with E-state index < -0.39 is 0 Å². The molecule has 0 saturated heterocycles. The van der Waals surface area contributed by atoms with Crippen molar-refractivity contribution in [2.75, 3.05) is 6.54 Å². The third-order valence-electron chi connectivity index (χ3n) is 3.89. The van der Waals surface area contributed by atoms with Crippen molar-refractivity contribution in [1.29, 1.82) is 0 Å². The SMILES string of the molecule is C=Cc1c(CCN)c2ccccc2n1Cc1ccccc1. The van der Waals surface area contributed by atoms with Crippen molar-refractivity contribution in [3.63, 3.8) is 0 Å². The van der Waals surface area contributed by atoms with Gasteiger partial charge < -0.3 is 10.3 Å². The third-order valence-corrected chi connectivity index (χ3v) is 3.89. The predicted molar refractivity (Wildman–Crippen MR) is 90.3 cm³/mol. The Labute approximate surface area is 125 Å². The average Bonchev–Trinajstić information content (AvgIpc) is 2.82. The van der Waals surface area contributed by atoms with Crippen LogP contribution < -0.4 is 5.73 Å². The van der Waals surface area contributed by atoms with Gasteiger partial charge >= 0.3 is 0 Å². The second-order valence-electron chi connectivity index (χ2n) is 5.20. The van der Waals surface area contributed by atoms with E-state index in [0.717, 1.165) is 13.0 Å². The second-order valence-corrected chi connectivity index (χ2v) is 5.20. The molecule has 0 aliphatic heterocycles. The number of rotatable bonds is 5. The fourth-order valence-electron chi connectivity index (χ4n) is 2.97. The first-order valence-corrected chi connectivity index (χ1v) is 7.31. The lowest BCUT2D eigenvalue weighted by Crippen LogP contribution is -2.06. The van der Waals surface area contributed by atoms with Crippen LogP contribution >= 0.6 is 0 Å². The van der Waals surface area contributed by atoms with Gasteiger partial charge in [-0.25, -0.2) is 0 Å². The van der Waals surface area contributed by atoms with Gasteiger partial charge in [-0.2, -0.15) is 0 Å². The van der Waals surface area contributed by atoms with Crippen LogP contribution in [0, 0.1) is 0 Å². The lowest BCUT2D eigenvalue weighted by Gasteiger charge is -2.09. The normalized spacial score (nSPS) is 10.9. The van der Waals surface area contributed by atoms with Gasteiger partial charge in [0.15, 0.2) is 0 Å². The highest BCUT2D eigenvalue weighted by Crippen LogP contribution is 2.28. The molecule has 0 unspecified atom stereocenters. The molecule has 2 nitrogen and oxygen atoms in total. The van der Waals surface area contributed by atoms with Gasteiger partial charge in [-0.3, -0.25) is 0 Å². The minimum atomic E-state index is 0.653. The standard InChI is InChI=1S/C19H20N2/c1-2-18-17(12-13-20)16-10-6-7-11-19(16)21(18)14-15-8-4-3-5-9-15/h2-11H,1,12-14,20H2. The first-order chi connectivity index (χ1) is 10.3. The molecule has 0 atom stereocenters. The van der Waals surface area contributed by atoms with Gasteiger partial charge in [0.1, 0.15) is 0 Å². The van der Waals surface area contributed by atoms with Crippen molar-refractivity contribution >= 4 is 17.0 Å². The largest absolute Gasteiger partial charge is 0.336 e. The van der Waals surface area contributed by atoms with Crippen molar-refractivity contribution in [3.8, 4) is 0 Å². The van der Waals surface area contributed by atoms with Gasteiger partial charge in [-0.15, -0.1) is 0 Å². The number of benzene rings is 2. The molecule has 0 fully saturated rings. The summed E-state index contributed by atoms with van der Waals surface area (Å²) in [7, 11) is 0. The number of fused-ring (bicyclic) bond motifs is 1. The van der Waals surface area contributed by atoms with Crippen LogP contribution in [0.2, 0.25) is 0 Å². The van der Waals surface area contributed by atoms with Crippen molar-refractivity contribution in [2.45, 2.75) is 13.0 Å². The molecule has 3 aromatic rings. The number of aromatic nitrogens is 1. The Hall–Kier alpha value is -2.32. The maximum atomic E-state index is 5.79. The van der Waals surface area contributed by atoms with Crippen LogP contribution in [0.1, 0.15) is 16.8 Å². The average molecular weight is 276 g/mol. The summed E-state index contributed by atoms with van der Waals surface area (Å²) < 4.78 is 2.34. The predicted octanol–water partition coefficient (Wildman–Crippen LogP) is 3.83. The van der Waals surface area contributed by atoms with Crippen LogP contribution in [-0.2, 0) is 13.0 Å². The van der Waals surface area contributed by atoms with Crippen molar-refractivity contribution in [2.24, 2.45) is 5.73 Å². The maximum Gasteiger partial charge on any atom is 0.0491 e. The van der Waals surface area contributed by atoms with E-state index in [0.29, 0.717) is 6.54 Å². The smallest absolute Gasteiger partial charge is 0.0491 e. The van der Waals surface area contributed by atoms with Crippen LogP contribution in [0.3, 0.4) is 0 Å². The Morgan fingerprint density at radius 2 is 1.71 bits per heavy atom. The van der Waals surface area contributed by atoms with Gasteiger partial charge in [-0.05, 0) is 36.2 Å². The summed E-state index contributed by atoms with van der Waals surface area (Å²) in [4.78, 5) is 0. The van der Waals surface area contributed by atoms with Gasteiger partial charge in [0, 0.05) is 23.1 Å². The second kappa shape index (κ2) is 5.98. The Balaban J connectivity index is 2.18. The van der Waals surface area contributed by atoms with Crippen LogP contribution in [0.25, 0.3) is 17.0 Å². The van der Waals surface area contributed by atoms with Gasteiger partial charge in [-0.1, -0.05) is 55.1 Å². The number of nitrogens with zero attached hydrogens (tertiary/aromatic N) is 1. The molecule has 0 aliphatic rings. The monoisotopic (exact) mass is 276 g/mol. The molecule has 2 heteroatoms. The molecule has 0 aliphatic carbocycles. The van der Waals surface area contributed by atoms with Gasteiger partial charge in [0.25, 0.3) is 0 Å². The van der Waals surface area contributed by atoms with Gasteiger partial charge in [0.05, 0.1) is 0 Å². The van der Waals surface area contributed by atoms with Crippen molar-refractivity contribution in [3.05, 3.63) is 78.0 Å². The molecule has 2 aromatic carbocycles. The van der Waals surface area contributed by atoms with E-state index in [4.69, 9.17) is 5.73 Å². The Bertz CT molecular complexity index is 754. The first kappa shape index (κ1) is 13.7. The van der Waals surface area contributed by atoms with E-state index in [9.17, 15) is 0 Å². The quantitative estimate of drug-likeness (QED) is 0.754. The fraction of sp³-hybridized carbons (Fsp3) is 0.158. The molecule has 0 bridgehead atoms. The van der Waals surface area contributed by atoms with Crippen LogP contribution in [0.15, 0.2) is 61.2 Å². The zero-order valence-electron chi connectivity index (χ0n) is 12.1. The van der Waals surface area contributed by atoms with Crippen LogP contribution in [0.4, 0.5) is 0 Å². The molecular weight excluding hydrogens is 256 g/mol. The molecule has 0 spiro atoms. The lowest BCUT2D eigenvalue weighted by molar-refractivity contribution is 0.817. The molecule has 0 radical (unpaired) electrons. The summed E-state index contributed by atoms with van der Waals surface area (Å²) >= 11 is 0. The number of para-hydroxylation sites is 1. The summed E-state index contributed by atoms with van der Waals surface area (Å²) in [5, 5.41) is 1.29. The zero-order chi connectivity index (χ0) is 14.7. The minimum absolute atomic E-state index is 0.653. The summed E-state index contributed by atoms with van der Waals surface area (Å²) in [6.45, 7) is 5.52. The fourth-order valence-corrected chi connectivity index (χ4v) is 2.97. The topological polar surface area (TPSA) is 30.9 Å². The van der Waals surface area contributed by atoms with Gasteiger partial charge in [0.2, 0.25) is 0 Å². The van der Waals surface area contributed by atoms with E-state index in [1.165, 1.54) is 27.7 Å². The molecule has 0 saturated carbocycles. The lowest BCUT2D eigenvalue weighted by atomic mass is 10.1. The Kier molecular flexibility index (Phi) is 3.89. The van der Waals surface area contributed by atoms with Crippen LogP contribution in [-0.4, -0.2) is 11.1 Å². The molecular formula is C19H20N2. The van der Waals surface area contributed by atoms with Crippen molar-refractivity contribution in [1.82, 2.24) is 4.57 Å². The first-order valence-electron chi connectivity index (χ1n) is 7.31. The molecule has 2 N–H and O–H groups in total. The van der Waals surface area contributed by atoms with E-state index >= 15 is 0 Å². The summed E-state index contributed by atoms with van der Waals surface area (Å²) in [6.07, 6.45) is 2.83. The minimum Gasteiger partial charge on any atom is -0.336 e. The van der Waals surface area contributed by atoms with E-state index in [1.807, 2.05) is 12.1 Å². The highest BCUT2D eigenvalue weighted by atomic mass is 15.0. The molecule has 1 heterocycles. The van der Waals surface area contributed by atoms with Crippen molar-refractivity contribution < 1.29 is 0 Å². The highest BCUT2D eigenvalue weighted by molar-refractivity contribution is 5.88. The number of nitrogens with two attached hydrogens (primary N) is 1. The highest BCUT2D eigenvalue weighted by Gasteiger charge is 2.14. The molecule has 3 rings (SSSR count). The zero-order valence-corrected chi connectivity index (χ0v) is 12.1. The van der Waals surface area contributed by atoms with E-state index in [-0.39, 0.29) is 0 Å². The maximum absolute atomic E-state index is 5.79. The summed E-state index contributed by atoms with van der Waals surface area (Å²) in [6, 6.07) is 19.0. The number of hydrogen-bond donors (Lipinski definition) is 1. The summed E-state index contributed by atoms with van der Waals surface area (Å²) in [5.74, 6) is 0. The molecule has 0 amide bonds. The Morgan fingerprint density at radius 1 is 1.00 bits per heavy atom. The molecule has 106 valence electrons. The molecule has 1 aromatic heterocycles. The third kappa shape index (κ3) is 2.50. The summed E-state index contributed by atoms with van der Waals surface area (Å²) in [5.41, 5.74) is 10.8. The number of hydrogen-bond acceptors (Lipinski definition) is 1.